The third-order valence-corrected chi connectivity index (χ3v) is 5.31. The lowest BCUT2D eigenvalue weighted by Gasteiger charge is -2.38. The quantitative estimate of drug-likeness (QED) is 0.834. The fourth-order valence-electron chi connectivity index (χ4n) is 4.01. The Morgan fingerprint density at radius 2 is 1.62 bits per heavy atom. The van der Waals surface area contributed by atoms with E-state index in [4.69, 9.17) is 9.47 Å². The van der Waals surface area contributed by atoms with Gasteiger partial charge in [0.25, 0.3) is 0 Å². The Labute approximate surface area is 141 Å². The summed E-state index contributed by atoms with van der Waals surface area (Å²) in [5.41, 5.74) is 2.83. The summed E-state index contributed by atoms with van der Waals surface area (Å²) in [5.74, 6) is 2.79. The summed E-state index contributed by atoms with van der Waals surface area (Å²) in [6, 6.07) is 4.94. The summed E-state index contributed by atoms with van der Waals surface area (Å²) >= 11 is 0. The van der Waals surface area contributed by atoms with Gasteiger partial charge in [0.15, 0.2) is 11.5 Å². The summed E-state index contributed by atoms with van der Waals surface area (Å²) < 4.78 is 11.0. The number of aromatic nitrogens is 2. The lowest BCUT2D eigenvalue weighted by molar-refractivity contribution is 0.173. The van der Waals surface area contributed by atoms with Gasteiger partial charge in [0, 0.05) is 44.6 Å². The molecule has 2 aromatic rings. The minimum absolute atomic E-state index is 0.353. The molecule has 124 valence electrons. The van der Waals surface area contributed by atoms with E-state index in [1.54, 1.807) is 12.4 Å². The molecule has 3 heterocycles. The monoisotopic (exact) mass is 324 g/mol. The number of hydrogen-bond acceptors (Lipinski definition) is 6. The average Bonchev–Trinajstić information content (AvgIpc) is 3.26. The van der Waals surface area contributed by atoms with Crippen molar-refractivity contribution >= 4 is 5.82 Å². The van der Waals surface area contributed by atoms with Crippen molar-refractivity contribution in [3.63, 3.8) is 0 Å². The molecule has 3 aliphatic rings. The van der Waals surface area contributed by atoms with E-state index in [0.29, 0.717) is 12.8 Å². The van der Waals surface area contributed by atoms with Crippen LogP contribution in [0.15, 0.2) is 30.7 Å². The molecule has 24 heavy (non-hydrogen) atoms. The zero-order chi connectivity index (χ0) is 15.9. The van der Waals surface area contributed by atoms with Crippen LogP contribution in [0.5, 0.6) is 11.5 Å². The molecule has 6 heteroatoms. The normalized spacial score (nSPS) is 20.4. The van der Waals surface area contributed by atoms with Crippen molar-refractivity contribution in [2.45, 2.75) is 18.9 Å². The van der Waals surface area contributed by atoms with Gasteiger partial charge in [-0.25, -0.2) is 4.98 Å². The first-order chi connectivity index (χ1) is 11.9. The highest BCUT2D eigenvalue weighted by atomic mass is 16.7. The van der Waals surface area contributed by atoms with E-state index < -0.39 is 0 Å². The van der Waals surface area contributed by atoms with Crippen LogP contribution in [-0.4, -0.2) is 53.9 Å². The number of nitrogens with zero attached hydrogens (tertiary/aromatic N) is 4. The van der Waals surface area contributed by atoms with E-state index in [0.717, 1.165) is 56.3 Å². The molecule has 0 bridgehead atoms. The predicted molar refractivity (Wildman–Crippen MR) is 89.6 cm³/mol. The van der Waals surface area contributed by atoms with Crippen molar-refractivity contribution in [2.75, 3.05) is 37.9 Å². The van der Waals surface area contributed by atoms with Crippen LogP contribution in [-0.2, 0) is 12.8 Å². The number of ether oxygens (including phenoxy) is 2. The minimum atomic E-state index is 0.353. The molecule has 0 saturated carbocycles. The average molecular weight is 324 g/mol. The highest BCUT2D eigenvalue weighted by Crippen LogP contribution is 2.39. The Bertz CT molecular complexity index is 711. The van der Waals surface area contributed by atoms with Gasteiger partial charge in [-0.2, -0.15) is 0 Å². The lowest BCUT2D eigenvalue weighted by atomic mass is 10.1. The maximum Gasteiger partial charge on any atom is 0.231 e. The summed E-state index contributed by atoms with van der Waals surface area (Å²) in [7, 11) is 0. The van der Waals surface area contributed by atoms with E-state index in [1.165, 1.54) is 11.1 Å². The molecule has 0 atom stereocenters. The topological polar surface area (TPSA) is 50.7 Å². The second-order valence-corrected chi connectivity index (χ2v) is 6.62. The largest absolute Gasteiger partial charge is 0.454 e. The number of anilines is 1. The van der Waals surface area contributed by atoms with Gasteiger partial charge in [-0.05, 0) is 36.1 Å². The van der Waals surface area contributed by atoms with E-state index in [1.807, 2.05) is 6.20 Å². The van der Waals surface area contributed by atoms with Gasteiger partial charge >= 0.3 is 0 Å². The van der Waals surface area contributed by atoms with Crippen molar-refractivity contribution < 1.29 is 9.47 Å². The van der Waals surface area contributed by atoms with Crippen LogP contribution in [0, 0.1) is 0 Å². The summed E-state index contributed by atoms with van der Waals surface area (Å²) in [4.78, 5) is 13.5. The van der Waals surface area contributed by atoms with Gasteiger partial charge in [-0.1, -0.05) is 0 Å². The van der Waals surface area contributed by atoms with Crippen LogP contribution in [0.3, 0.4) is 0 Å². The SMILES string of the molecule is c1cnc(N2CCN(C3Cc4cc5c(cc4C3)OCO5)CC2)cn1. The van der Waals surface area contributed by atoms with E-state index in [2.05, 4.69) is 31.9 Å². The molecule has 0 radical (unpaired) electrons. The van der Waals surface area contributed by atoms with Crippen LogP contribution in [0.4, 0.5) is 5.82 Å². The Morgan fingerprint density at radius 3 is 2.25 bits per heavy atom. The van der Waals surface area contributed by atoms with Gasteiger partial charge in [-0.15, -0.1) is 0 Å². The molecule has 1 saturated heterocycles. The van der Waals surface area contributed by atoms with Crippen molar-refractivity contribution in [2.24, 2.45) is 0 Å². The molecule has 0 N–H and O–H groups in total. The first-order valence-electron chi connectivity index (χ1n) is 8.53. The van der Waals surface area contributed by atoms with Crippen molar-refractivity contribution in [1.82, 2.24) is 14.9 Å². The number of fused-ring (bicyclic) bond motifs is 2. The second-order valence-electron chi connectivity index (χ2n) is 6.62. The number of piperazine rings is 1. The number of rotatable bonds is 2. The van der Waals surface area contributed by atoms with Gasteiger partial charge in [0.1, 0.15) is 5.82 Å². The molecule has 5 rings (SSSR count). The third kappa shape index (κ3) is 2.38. The number of benzene rings is 1. The maximum absolute atomic E-state index is 5.51. The van der Waals surface area contributed by atoms with Crippen LogP contribution >= 0.6 is 0 Å². The van der Waals surface area contributed by atoms with Crippen LogP contribution in [0.2, 0.25) is 0 Å². The standard InChI is InChI=1S/C18H20N4O2/c1-2-20-18(11-19-1)22-5-3-21(4-6-22)15-7-13-9-16-17(24-12-23-16)10-14(13)8-15/h1-2,9-11,15H,3-8,12H2. The van der Waals surface area contributed by atoms with Crippen LogP contribution in [0.25, 0.3) is 0 Å². The Morgan fingerprint density at radius 1 is 0.917 bits per heavy atom. The molecule has 0 unspecified atom stereocenters. The van der Waals surface area contributed by atoms with E-state index >= 15 is 0 Å². The van der Waals surface area contributed by atoms with Gasteiger partial charge in [-0.3, -0.25) is 9.88 Å². The fraction of sp³-hybridized carbons (Fsp3) is 0.444. The molecular formula is C18H20N4O2. The van der Waals surface area contributed by atoms with Gasteiger partial charge in [0.2, 0.25) is 6.79 Å². The molecule has 0 spiro atoms. The number of hydrogen-bond donors (Lipinski definition) is 0. The second kappa shape index (κ2) is 5.63. The maximum atomic E-state index is 5.51. The molecule has 1 fully saturated rings. The molecular weight excluding hydrogens is 304 g/mol. The molecule has 0 amide bonds. The summed E-state index contributed by atoms with van der Waals surface area (Å²) in [6.45, 7) is 4.51. The predicted octanol–water partition coefficient (Wildman–Crippen LogP) is 1.49. The van der Waals surface area contributed by atoms with Crippen LogP contribution < -0.4 is 14.4 Å². The van der Waals surface area contributed by atoms with Crippen molar-refractivity contribution in [3.8, 4) is 11.5 Å². The molecule has 1 aromatic heterocycles. The minimum Gasteiger partial charge on any atom is -0.454 e. The first kappa shape index (κ1) is 14.0. The highest BCUT2D eigenvalue weighted by molar-refractivity contribution is 5.51. The molecule has 6 nitrogen and oxygen atoms in total. The molecule has 2 aliphatic heterocycles. The van der Waals surface area contributed by atoms with E-state index in [-0.39, 0.29) is 0 Å². The Balaban J connectivity index is 1.25. The first-order valence-corrected chi connectivity index (χ1v) is 8.53. The zero-order valence-corrected chi connectivity index (χ0v) is 13.5. The zero-order valence-electron chi connectivity index (χ0n) is 13.5. The van der Waals surface area contributed by atoms with Gasteiger partial charge < -0.3 is 14.4 Å². The molecule has 1 aromatic carbocycles. The summed E-state index contributed by atoms with van der Waals surface area (Å²) in [5, 5.41) is 0. The van der Waals surface area contributed by atoms with Crippen LogP contribution in [0.1, 0.15) is 11.1 Å². The molecule has 1 aliphatic carbocycles. The Hall–Kier alpha value is -2.34. The van der Waals surface area contributed by atoms with E-state index in [9.17, 15) is 0 Å². The summed E-state index contributed by atoms with van der Waals surface area (Å²) in [6.07, 6.45) is 7.55. The lowest BCUT2D eigenvalue weighted by Crippen LogP contribution is -2.51. The fourth-order valence-corrected chi connectivity index (χ4v) is 4.01. The highest BCUT2D eigenvalue weighted by Gasteiger charge is 2.31. The van der Waals surface area contributed by atoms with Crippen molar-refractivity contribution in [3.05, 3.63) is 41.9 Å². The van der Waals surface area contributed by atoms with Crippen molar-refractivity contribution in [1.29, 1.82) is 0 Å². The third-order valence-electron chi connectivity index (χ3n) is 5.31. The van der Waals surface area contributed by atoms with Gasteiger partial charge in [0.05, 0.1) is 6.20 Å². The Kier molecular flexibility index (Phi) is 3.29. The smallest absolute Gasteiger partial charge is 0.231 e.